The van der Waals surface area contributed by atoms with Crippen LogP contribution >= 0.6 is 0 Å². The molecule has 0 saturated carbocycles. The van der Waals surface area contributed by atoms with Gasteiger partial charge in [0.15, 0.2) is 0 Å². The van der Waals surface area contributed by atoms with Gasteiger partial charge in [0.25, 0.3) is 0 Å². The van der Waals surface area contributed by atoms with E-state index in [9.17, 15) is 4.79 Å². The van der Waals surface area contributed by atoms with Gasteiger partial charge < -0.3 is 15.3 Å². The van der Waals surface area contributed by atoms with Crippen molar-refractivity contribution < 1.29 is 9.90 Å². The fourth-order valence-corrected chi connectivity index (χ4v) is 3.15. The molecule has 3 N–H and O–H groups in total. The zero-order valence-corrected chi connectivity index (χ0v) is 13.0. The molecule has 1 aliphatic rings. The molecule has 0 fully saturated rings. The van der Waals surface area contributed by atoms with E-state index >= 15 is 0 Å². The van der Waals surface area contributed by atoms with Gasteiger partial charge in [0.1, 0.15) is 0 Å². The molecule has 2 aromatic rings. The Balaban J connectivity index is 1.71. The van der Waals surface area contributed by atoms with E-state index < -0.39 is 0 Å². The van der Waals surface area contributed by atoms with Gasteiger partial charge in [-0.3, -0.25) is 5.10 Å². The van der Waals surface area contributed by atoms with Crippen molar-refractivity contribution in [2.75, 3.05) is 13.2 Å². The van der Waals surface area contributed by atoms with Crippen LogP contribution in [0.15, 0.2) is 36.5 Å². The molecule has 1 aromatic carbocycles. The second kappa shape index (κ2) is 7.28. The molecule has 122 valence electrons. The number of aliphatic hydroxyl groups excluding tert-OH is 1. The van der Waals surface area contributed by atoms with Crippen LogP contribution in [0.4, 0.5) is 4.79 Å². The molecule has 0 unspecified atom stereocenters. The number of amides is 2. The molecule has 2 amide bonds. The number of nitrogens with zero attached hydrogens (tertiary/aromatic N) is 2. The lowest BCUT2D eigenvalue weighted by Gasteiger charge is -2.30. The number of benzene rings is 1. The minimum Gasteiger partial charge on any atom is -0.396 e. The Bertz CT molecular complexity index is 642. The monoisotopic (exact) mass is 314 g/mol. The molecular weight excluding hydrogens is 292 g/mol. The van der Waals surface area contributed by atoms with Gasteiger partial charge in [0, 0.05) is 19.3 Å². The Hall–Kier alpha value is -2.34. The molecule has 3 rings (SSSR count). The van der Waals surface area contributed by atoms with Gasteiger partial charge in [-0.2, -0.15) is 5.10 Å². The summed E-state index contributed by atoms with van der Waals surface area (Å²) in [4.78, 5) is 14.5. The standard InChI is InChI=1S/C17H22N4O2/c22-11-3-10-21(17(23)18-12-14-8-9-19-20-14)16-7-6-13-4-1-2-5-15(13)16/h1-2,4-5,8-9,16,22H,3,6-7,10-12H2,(H,18,23)(H,19,20)/t16-/m0/s1. The van der Waals surface area contributed by atoms with Crippen LogP contribution < -0.4 is 5.32 Å². The van der Waals surface area contributed by atoms with Crippen molar-refractivity contribution in [3.63, 3.8) is 0 Å². The average Bonchev–Trinajstić information content (AvgIpc) is 3.23. The van der Waals surface area contributed by atoms with Crippen LogP contribution in [-0.4, -0.2) is 39.4 Å². The molecule has 1 heterocycles. The smallest absolute Gasteiger partial charge is 0.318 e. The molecule has 1 atom stereocenters. The van der Waals surface area contributed by atoms with E-state index in [1.54, 1.807) is 6.20 Å². The Morgan fingerprint density at radius 3 is 3.04 bits per heavy atom. The van der Waals surface area contributed by atoms with Crippen LogP contribution in [0.5, 0.6) is 0 Å². The van der Waals surface area contributed by atoms with Crippen LogP contribution in [0, 0.1) is 0 Å². The highest BCUT2D eigenvalue weighted by Crippen LogP contribution is 2.35. The number of H-pyrrole nitrogens is 1. The number of nitrogens with one attached hydrogen (secondary N) is 2. The van der Waals surface area contributed by atoms with Crippen molar-refractivity contribution in [1.29, 1.82) is 0 Å². The number of aryl methyl sites for hydroxylation is 1. The highest BCUT2D eigenvalue weighted by Gasteiger charge is 2.30. The van der Waals surface area contributed by atoms with Crippen LogP contribution in [0.3, 0.4) is 0 Å². The van der Waals surface area contributed by atoms with Gasteiger partial charge >= 0.3 is 6.03 Å². The maximum absolute atomic E-state index is 12.6. The summed E-state index contributed by atoms with van der Waals surface area (Å²) >= 11 is 0. The maximum atomic E-state index is 12.6. The number of carbonyl (C=O) groups is 1. The first-order chi connectivity index (χ1) is 11.3. The van der Waals surface area contributed by atoms with Gasteiger partial charge in [-0.05, 0) is 36.5 Å². The SMILES string of the molecule is O=C(NCc1ccn[nH]1)N(CCCO)[C@H]1CCc2ccccc21. The van der Waals surface area contributed by atoms with Gasteiger partial charge in [0.05, 0.1) is 18.3 Å². The molecular formula is C17H22N4O2. The van der Waals surface area contributed by atoms with Gasteiger partial charge in [0.2, 0.25) is 0 Å². The minimum atomic E-state index is -0.102. The van der Waals surface area contributed by atoms with E-state index in [-0.39, 0.29) is 18.7 Å². The Labute approximate surface area is 135 Å². The zero-order chi connectivity index (χ0) is 16.1. The first-order valence-corrected chi connectivity index (χ1v) is 8.01. The minimum absolute atomic E-state index is 0.0820. The quantitative estimate of drug-likeness (QED) is 0.763. The third kappa shape index (κ3) is 3.53. The van der Waals surface area contributed by atoms with Crippen molar-refractivity contribution >= 4 is 6.03 Å². The van der Waals surface area contributed by atoms with Crippen LogP contribution in [-0.2, 0) is 13.0 Å². The van der Waals surface area contributed by atoms with E-state index in [0.29, 0.717) is 19.5 Å². The normalized spacial score (nSPS) is 16.1. The lowest BCUT2D eigenvalue weighted by atomic mass is 10.1. The third-order valence-corrected chi connectivity index (χ3v) is 4.28. The summed E-state index contributed by atoms with van der Waals surface area (Å²) in [5.41, 5.74) is 3.40. The number of aromatic amines is 1. The summed E-state index contributed by atoms with van der Waals surface area (Å²) in [6.07, 6.45) is 4.17. The lowest BCUT2D eigenvalue weighted by molar-refractivity contribution is 0.164. The van der Waals surface area contributed by atoms with E-state index in [1.165, 1.54) is 11.1 Å². The fourth-order valence-electron chi connectivity index (χ4n) is 3.15. The first-order valence-electron chi connectivity index (χ1n) is 8.01. The van der Waals surface area contributed by atoms with E-state index in [0.717, 1.165) is 18.5 Å². The second-order valence-electron chi connectivity index (χ2n) is 5.76. The summed E-state index contributed by atoms with van der Waals surface area (Å²) in [5, 5.41) is 18.8. The molecule has 0 saturated heterocycles. The molecule has 1 aliphatic carbocycles. The number of hydrogen-bond donors (Lipinski definition) is 3. The van der Waals surface area contributed by atoms with Crippen molar-refractivity contribution in [3.8, 4) is 0 Å². The van der Waals surface area contributed by atoms with Crippen molar-refractivity contribution in [2.24, 2.45) is 0 Å². The van der Waals surface area contributed by atoms with Crippen LogP contribution in [0.25, 0.3) is 0 Å². The predicted octanol–water partition coefficient (Wildman–Crippen LogP) is 1.99. The topological polar surface area (TPSA) is 81.2 Å². The van der Waals surface area contributed by atoms with Gasteiger partial charge in [-0.25, -0.2) is 4.79 Å². The molecule has 0 spiro atoms. The average molecular weight is 314 g/mol. The number of hydrogen-bond acceptors (Lipinski definition) is 3. The number of rotatable bonds is 6. The number of carbonyl (C=O) groups excluding carboxylic acids is 1. The molecule has 6 nitrogen and oxygen atoms in total. The summed E-state index contributed by atoms with van der Waals surface area (Å²) in [6.45, 7) is 1.05. The molecule has 0 radical (unpaired) electrons. The number of urea groups is 1. The van der Waals surface area contributed by atoms with E-state index in [1.807, 2.05) is 23.1 Å². The second-order valence-corrected chi connectivity index (χ2v) is 5.76. The maximum Gasteiger partial charge on any atom is 0.318 e. The molecule has 6 heteroatoms. The van der Waals surface area contributed by atoms with Crippen molar-refractivity contribution in [1.82, 2.24) is 20.4 Å². The van der Waals surface area contributed by atoms with Crippen molar-refractivity contribution in [3.05, 3.63) is 53.3 Å². The molecule has 0 aliphatic heterocycles. The Kier molecular flexibility index (Phi) is 4.92. The summed E-state index contributed by atoms with van der Waals surface area (Å²) in [6, 6.07) is 10.1. The number of fused-ring (bicyclic) bond motifs is 1. The van der Waals surface area contributed by atoms with Gasteiger partial charge in [-0.1, -0.05) is 24.3 Å². The van der Waals surface area contributed by atoms with Crippen LogP contribution in [0.2, 0.25) is 0 Å². The molecule has 1 aromatic heterocycles. The summed E-state index contributed by atoms with van der Waals surface area (Å²) < 4.78 is 0. The Morgan fingerprint density at radius 2 is 2.26 bits per heavy atom. The number of aliphatic hydroxyl groups is 1. The highest BCUT2D eigenvalue weighted by molar-refractivity contribution is 5.75. The number of aromatic nitrogens is 2. The summed E-state index contributed by atoms with van der Waals surface area (Å²) in [7, 11) is 0. The lowest BCUT2D eigenvalue weighted by Crippen LogP contribution is -2.42. The van der Waals surface area contributed by atoms with Gasteiger partial charge in [-0.15, -0.1) is 0 Å². The van der Waals surface area contributed by atoms with Crippen LogP contribution in [0.1, 0.15) is 35.7 Å². The van der Waals surface area contributed by atoms with E-state index in [2.05, 4.69) is 27.6 Å². The third-order valence-electron chi connectivity index (χ3n) is 4.28. The largest absolute Gasteiger partial charge is 0.396 e. The highest BCUT2D eigenvalue weighted by atomic mass is 16.3. The summed E-state index contributed by atoms with van der Waals surface area (Å²) in [5.74, 6) is 0. The van der Waals surface area contributed by atoms with E-state index in [4.69, 9.17) is 5.11 Å². The predicted molar refractivity (Wildman–Crippen MR) is 86.7 cm³/mol. The molecule has 23 heavy (non-hydrogen) atoms. The fraction of sp³-hybridized carbons (Fsp3) is 0.412. The Morgan fingerprint density at radius 1 is 1.39 bits per heavy atom. The zero-order valence-electron chi connectivity index (χ0n) is 13.0. The molecule has 0 bridgehead atoms. The van der Waals surface area contributed by atoms with Crippen molar-refractivity contribution in [2.45, 2.75) is 31.8 Å². The first kappa shape index (κ1) is 15.6.